The highest BCUT2D eigenvalue weighted by Crippen LogP contribution is 2.46. The molecule has 2 N–H and O–H groups in total. The largest absolute Gasteiger partial charge is 0.477 e. The number of carbonyl (C=O) groups is 1. The number of carboxylic acids is 1. The highest BCUT2D eigenvalue weighted by atomic mass is 35.5. The number of aromatic nitrogens is 1. The number of benzene rings is 2. The Morgan fingerprint density at radius 3 is 2.86 bits per heavy atom. The van der Waals surface area contributed by atoms with Crippen LogP contribution in [0, 0.1) is 5.82 Å². The average Bonchev–Trinajstić information content (AvgIpc) is 3.45. The van der Waals surface area contributed by atoms with Gasteiger partial charge in [-0.15, -0.1) is 0 Å². The molecule has 0 saturated carbocycles. The van der Waals surface area contributed by atoms with Gasteiger partial charge < -0.3 is 24.8 Å². The summed E-state index contributed by atoms with van der Waals surface area (Å²) >= 11 is 5.89. The molecule has 0 bridgehead atoms. The second-order valence-electron chi connectivity index (χ2n) is 9.25. The molecule has 3 aliphatic heterocycles. The lowest BCUT2D eigenvalue weighted by molar-refractivity contribution is 0.0452. The number of anilines is 2. The van der Waals surface area contributed by atoms with Crippen LogP contribution >= 0.6 is 11.6 Å². The lowest BCUT2D eigenvalue weighted by atomic mass is 9.98. The predicted octanol–water partition coefficient (Wildman–Crippen LogP) is 5.02. The number of hydrogen-bond donors (Lipinski definition) is 2. The average molecular weight is 523 g/mol. The van der Waals surface area contributed by atoms with Crippen LogP contribution in [0.1, 0.15) is 34.3 Å². The summed E-state index contributed by atoms with van der Waals surface area (Å²) < 4.78 is 26.5. The first-order valence-electron chi connectivity index (χ1n) is 11.9. The van der Waals surface area contributed by atoms with Crippen molar-refractivity contribution in [2.24, 2.45) is 0 Å². The Bertz CT molecular complexity index is 1430. The lowest BCUT2D eigenvalue weighted by Gasteiger charge is -2.31. The van der Waals surface area contributed by atoms with E-state index in [1.165, 1.54) is 12.1 Å². The molecule has 2 aromatic carbocycles. The summed E-state index contributed by atoms with van der Waals surface area (Å²) in [7, 11) is 1.91. The Kier molecular flexibility index (Phi) is 5.89. The lowest BCUT2D eigenvalue weighted by Crippen LogP contribution is -2.44. The minimum Gasteiger partial charge on any atom is -0.477 e. The molecule has 3 aliphatic rings. The maximum absolute atomic E-state index is 14.5. The van der Waals surface area contributed by atoms with E-state index >= 15 is 0 Å². The van der Waals surface area contributed by atoms with Gasteiger partial charge in [0.15, 0.2) is 23.0 Å². The normalized spacial score (nSPS) is 20.4. The molecule has 10 heteroatoms. The fourth-order valence-electron chi connectivity index (χ4n) is 4.96. The third kappa shape index (κ3) is 4.34. The van der Waals surface area contributed by atoms with Crippen molar-refractivity contribution in [1.82, 2.24) is 9.88 Å². The first-order valence-corrected chi connectivity index (χ1v) is 12.3. The highest BCUT2D eigenvalue weighted by molar-refractivity contribution is 6.30. The van der Waals surface area contributed by atoms with Crippen molar-refractivity contribution in [3.8, 4) is 11.5 Å². The van der Waals surface area contributed by atoms with Crippen LogP contribution in [0.15, 0.2) is 54.6 Å². The van der Waals surface area contributed by atoms with Crippen molar-refractivity contribution >= 4 is 34.6 Å². The Morgan fingerprint density at radius 2 is 2.11 bits per heavy atom. The molecule has 3 aromatic rings. The van der Waals surface area contributed by atoms with Crippen molar-refractivity contribution in [2.75, 3.05) is 36.9 Å². The van der Waals surface area contributed by atoms with Crippen molar-refractivity contribution in [2.45, 2.75) is 18.9 Å². The molecular weight excluding hydrogens is 499 g/mol. The van der Waals surface area contributed by atoms with Gasteiger partial charge in [0.1, 0.15) is 12.0 Å². The molecule has 4 heterocycles. The van der Waals surface area contributed by atoms with Crippen LogP contribution in [-0.4, -0.2) is 53.8 Å². The van der Waals surface area contributed by atoms with Crippen LogP contribution in [0.25, 0.3) is 5.57 Å². The van der Waals surface area contributed by atoms with Gasteiger partial charge in [0.2, 0.25) is 0 Å². The van der Waals surface area contributed by atoms with Crippen molar-refractivity contribution in [3.63, 3.8) is 0 Å². The zero-order chi connectivity index (χ0) is 25.7. The van der Waals surface area contributed by atoms with Gasteiger partial charge in [-0.25, -0.2) is 14.2 Å². The van der Waals surface area contributed by atoms with Crippen molar-refractivity contribution in [1.29, 1.82) is 0 Å². The molecule has 0 amide bonds. The fraction of sp³-hybridized carbons (Fsp3) is 0.259. The number of likely N-dealkylation sites (N-methyl/N-ethyl adjacent to an activating group) is 1. The van der Waals surface area contributed by atoms with Crippen molar-refractivity contribution < 1.29 is 23.8 Å². The number of fused-ring (bicyclic) bond motifs is 2. The number of para-hydroxylation sites is 1. The quantitative estimate of drug-likeness (QED) is 0.483. The molecule has 37 heavy (non-hydrogen) atoms. The summed E-state index contributed by atoms with van der Waals surface area (Å²) in [6.45, 7) is 2.32. The Balaban J connectivity index is 1.14. The monoisotopic (exact) mass is 522 g/mol. The van der Waals surface area contributed by atoms with Gasteiger partial charge in [0.25, 0.3) is 6.29 Å². The van der Waals surface area contributed by atoms with E-state index in [4.69, 9.17) is 21.1 Å². The van der Waals surface area contributed by atoms with Crippen LogP contribution in [0.5, 0.6) is 11.5 Å². The first kappa shape index (κ1) is 23.6. The molecule has 8 nitrogen and oxygen atoms in total. The van der Waals surface area contributed by atoms with Crippen molar-refractivity contribution in [3.05, 3.63) is 82.3 Å². The first-order chi connectivity index (χ1) is 17.9. The van der Waals surface area contributed by atoms with E-state index in [1.54, 1.807) is 18.2 Å². The fourth-order valence-corrected chi connectivity index (χ4v) is 5.12. The summed E-state index contributed by atoms with van der Waals surface area (Å²) in [5.41, 5.74) is 3.26. The second kappa shape index (κ2) is 9.24. The van der Waals surface area contributed by atoms with E-state index in [-0.39, 0.29) is 11.9 Å². The molecule has 1 aromatic heterocycles. The summed E-state index contributed by atoms with van der Waals surface area (Å²) in [4.78, 5) is 19.9. The number of rotatable bonds is 5. The van der Waals surface area contributed by atoms with E-state index < -0.39 is 18.1 Å². The summed E-state index contributed by atoms with van der Waals surface area (Å²) in [5, 5.41) is 13.0. The minimum atomic E-state index is -1.04. The third-order valence-electron chi connectivity index (χ3n) is 6.94. The maximum atomic E-state index is 14.5. The predicted molar refractivity (Wildman–Crippen MR) is 138 cm³/mol. The van der Waals surface area contributed by atoms with Crippen LogP contribution in [0.4, 0.5) is 15.9 Å². The zero-order valence-corrected chi connectivity index (χ0v) is 20.7. The Labute approximate surface area is 217 Å². The minimum absolute atomic E-state index is 0.0192. The zero-order valence-electron chi connectivity index (χ0n) is 19.9. The van der Waals surface area contributed by atoms with Gasteiger partial charge in [0.05, 0.1) is 11.3 Å². The number of carboxylic acid groups (broad SMARTS) is 1. The van der Waals surface area contributed by atoms with E-state index in [0.29, 0.717) is 27.9 Å². The highest BCUT2D eigenvalue weighted by Gasteiger charge is 2.33. The summed E-state index contributed by atoms with van der Waals surface area (Å²) in [6, 6.07) is 13.5. The smallest absolute Gasteiger partial charge is 0.354 e. The molecule has 6 rings (SSSR count). The van der Waals surface area contributed by atoms with Gasteiger partial charge in [-0.3, -0.25) is 4.90 Å². The molecule has 0 radical (unpaired) electrons. The van der Waals surface area contributed by atoms with Crippen LogP contribution in [-0.2, 0) is 0 Å². The number of halogens is 2. The Hall–Kier alpha value is -3.82. The van der Waals surface area contributed by atoms with Crippen LogP contribution in [0.3, 0.4) is 0 Å². The summed E-state index contributed by atoms with van der Waals surface area (Å²) in [6.07, 6.45) is 2.11. The maximum Gasteiger partial charge on any atom is 0.354 e. The number of aromatic carboxylic acids is 1. The number of nitrogens with one attached hydrogen (secondary N) is 1. The molecular formula is C27H24ClFN4O4. The number of hydrogen-bond acceptors (Lipinski definition) is 7. The molecule has 2 unspecified atom stereocenters. The Morgan fingerprint density at radius 1 is 1.24 bits per heavy atom. The molecule has 190 valence electrons. The van der Waals surface area contributed by atoms with Gasteiger partial charge in [0, 0.05) is 37.3 Å². The molecule has 0 spiro atoms. The van der Waals surface area contributed by atoms with Gasteiger partial charge in [-0.05, 0) is 48.4 Å². The SMILES string of the molecule is CN1c2nc(C(=O)O)ccc2NC1CN1CC=C(c2cccc3c2OC(c2ccc(Cl)cc2F)O3)CC1. The van der Waals surface area contributed by atoms with E-state index in [0.717, 1.165) is 42.9 Å². The number of ether oxygens (including phenoxy) is 2. The molecule has 0 fully saturated rings. The van der Waals surface area contributed by atoms with E-state index in [1.807, 2.05) is 30.1 Å². The van der Waals surface area contributed by atoms with Gasteiger partial charge in [-0.2, -0.15) is 0 Å². The third-order valence-corrected chi connectivity index (χ3v) is 7.18. The topological polar surface area (TPSA) is 87.2 Å². The van der Waals surface area contributed by atoms with Crippen LogP contribution < -0.4 is 19.7 Å². The molecule has 0 aliphatic carbocycles. The molecule has 0 saturated heterocycles. The van der Waals surface area contributed by atoms with E-state index in [2.05, 4.69) is 21.3 Å². The molecule has 2 atom stereocenters. The summed E-state index contributed by atoms with van der Waals surface area (Å²) in [5.74, 6) is 0.334. The standard InChI is InChI=1S/C27H24ClFN4O4/c1-32-23(30-20-7-8-21(26(34)35)31-25(20)32)14-33-11-9-15(10-12-33)17-3-2-4-22-24(17)37-27(36-22)18-6-5-16(28)13-19(18)29/h2-9,13,23,27,30H,10-12,14H2,1H3,(H,34,35). The van der Waals surface area contributed by atoms with Gasteiger partial charge >= 0.3 is 5.97 Å². The van der Waals surface area contributed by atoms with Gasteiger partial charge in [-0.1, -0.05) is 29.8 Å². The second-order valence-corrected chi connectivity index (χ2v) is 9.69. The van der Waals surface area contributed by atoms with Crippen LogP contribution in [0.2, 0.25) is 5.02 Å². The van der Waals surface area contributed by atoms with E-state index in [9.17, 15) is 14.3 Å². The number of nitrogens with zero attached hydrogens (tertiary/aromatic N) is 3. The number of pyridine rings is 1.